The second kappa shape index (κ2) is 6.14. The number of carboxylic acid groups (broad SMARTS) is 1. The summed E-state index contributed by atoms with van der Waals surface area (Å²) in [5.41, 5.74) is 1.23. The number of carbonyl (C=O) groups excluding carboxylic acids is 1. The Labute approximate surface area is 105 Å². The second-order valence-corrected chi connectivity index (χ2v) is 4.10. The summed E-state index contributed by atoms with van der Waals surface area (Å²) in [6, 6.07) is 4.51. The van der Waals surface area contributed by atoms with E-state index in [1.807, 2.05) is 0 Å². The minimum absolute atomic E-state index is 0.198. The van der Waals surface area contributed by atoms with E-state index in [0.717, 1.165) is 5.56 Å². The van der Waals surface area contributed by atoms with Crippen molar-refractivity contribution in [1.29, 1.82) is 0 Å². The highest BCUT2D eigenvalue weighted by Gasteiger charge is 2.23. The molecule has 0 aliphatic rings. The Morgan fingerprint density at radius 2 is 2.11 bits per heavy atom. The van der Waals surface area contributed by atoms with E-state index < -0.39 is 17.8 Å². The normalized spacial score (nSPS) is 11.9. The Morgan fingerprint density at radius 1 is 1.44 bits per heavy atom. The van der Waals surface area contributed by atoms with Gasteiger partial charge in [-0.3, -0.25) is 9.59 Å². The molecule has 0 radical (unpaired) electrons. The van der Waals surface area contributed by atoms with Crippen LogP contribution in [0.1, 0.15) is 24.5 Å². The molecule has 0 spiro atoms. The molecular formula is C13H16FNO3. The molecule has 4 nitrogen and oxygen atoms in total. The third-order valence-corrected chi connectivity index (χ3v) is 2.71. The Balaban J connectivity index is 2.62. The van der Waals surface area contributed by atoms with E-state index in [9.17, 15) is 14.0 Å². The molecule has 2 N–H and O–H groups in total. The Morgan fingerprint density at radius 3 is 2.61 bits per heavy atom. The van der Waals surface area contributed by atoms with Gasteiger partial charge in [-0.15, -0.1) is 0 Å². The second-order valence-electron chi connectivity index (χ2n) is 4.10. The van der Waals surface area contributed by atoms with E-state index in [2.05, 4.69) is 5.32 Å². The van der Waals surface area contributed by atoms with Crippen LogP contribution in [0.2, 0.25) is 0 Å². The van der Waals surface area contributed by atoms with Crippen molar-refractivity contribution in [1.82, 2.24) is 5.32 Å². The standard InChI is InChI=1S/C13H16FNO3/c1-3-10(13(17)18)12(16)15-7-9-4-5-11(14)8(2)6-9/h4-6,10H,3,7H2,1-2H3,(H,15,16)(H,17,18). The lowest BCUT2D eigenvalue weighted by Crippen LogP contribution is -2.34. The first-order valence-electron chi connectivity index (χ1n) is 5.71. The van der Waals surface area contributed by atoms with Gasteiger partial charge in [0.25, 0.3) is 0 Å². The Kier molecular flexibility index (Phi) is 4.83. The molecule has 5 heteroatoms. The van der Waals surface area contributed by atoms with Crippen molar-refractivity contribution in [3.63, 3.8) is 0 Å². The first-order valence-corrected chi connectivity index (χ1v) is 5.71. The minimum atomic E-state index is -1.13. The predicted molar refractivity (Wildman–Crippen MR) is 64.4 cm³/mol. The van der Waals surface area contributed by atoms with Crippen LogP contribution in [-0.4, -0.2) is 17.0 Å². The molecular weight excluding hydrogens is 237 g/mol. The minimum Gasteiger partial charge on any atom is -0.481 e. The van der Waals surface area contributed by atoms with E-state index in [1.54, 1.807) is 26.0 Å². The summed E-state index contributed by atoms with van der Waals surface area (Å²) in [5.74, 6) is -2.99. The topological polar surface area (TPSA) is 66.4 Å². The van der Waals surface area contributed by atoms with Gasteiger partial charge in [0.1, 0.15) is 11.7 Å². The highest BCUT2D eigenvalue weighted by atomic mass is 19.1. The van der Waals surface area contributed by atoms with Gasteiger partial charge >= 0.3 is 5.97 Å². The lowest BCUT2D eigenvalue weighted by atomic mass is 10.1. The maximum absolute atomic E-state index is 13.0. The summed E-state index contributed by atoms with van der Waals surface area (Å²) < 4.78 is 13.0. The van der Waals surface area contributed by atoms with Crippen LogP contribution in [0.4, 0.5) is 4.39 Å². The largest absolute Gasteiger partial charge is 0.481 e. The number of hydrogen-bond acceptors (Lipinski definition) is 2. The summed E-state index contributed by atoms with van der Waals surface area (Å²) in [4.78, 5) is 22.3. The lowest BCUT2D eigenvalue weighted by molar-refractivity contribution is -0.147. The Bertz CT molecular complexity index is 460. The number of nitrogens with one attached hydrogen (secondary N) is 1. The van der Waals surface area contributed by atoms with Crippen LogP contribution in [0, 0.1) is 18.7 Å². The average molecular weight is 253 g/mol. The summed E-state index contributed by atoms with van der Waals surface area (Å²) in [6.45, 7) is 3.47. The van der Waals surface area contributed by atoms with Crippen LogP contribution in [-0.2, 0) is 16.1 Å². The van der Waals surface area contributed by atoms with Crippen molar-refractivity contribution in [3.8, 4) is 0 Å². The van der Waals surface area contributed by atoms with Gasteiger partial charge in [-0.1, -0.05) is 19.1 Å². The fourth-order valence-electron chi connectivity index (χ4n) is 1.60. The van der Waals surface area contributed by atoms with Gasteiger partial charge < -0.3 is 10.4 Å². The van der Waals surface area contributed by atoms with Crippen LogP contribution in [0.5, 0.6) is 0 Å². The number of carbonyl (C=O) groups is 2. The number of amides is 1. The molecule has 0 fully saturated rings. The first-order chi connectivity index (χ1) is 8.45. The quantitative estimate of drug-likeness (QED) is 0.787. The smallest absolute Gasteiger partial charge is 0.316 e. The number of halogens is 1. The molecule has 18 heavy (non-hydrogen) atoms. The number of benzene rings is 1. The molecule has 0 bridgehead atoms. The zero-order valence-electron chi connectivity index (χ0n) is 10.4. The highest BCUT2D eigenvalue weighted by Crippen LogP contribution is 2.09. The Hall–Kier alpha value is -1.91. The summed E-state index contributed by atoms with van der Waals surface area (Å²) in [6.07, 6.45) is 0.240. The molecule has 1 atom stereocenters. The molecule has 1 aromatic carbocycles. The lowest BCUT2D eigenvalue weighted by Gasteiger charge is -2.11. The van der Waals surface area contributed by atoms with Crippen molar-refractivity contribution in [3.05, 3.63) is 35.1 Å². The van der Waals surface area contributed by atoms with Crippen molar-refractivity contribution >= 4 is 11.9 Å². The average Bonchev–Trinajstić information content (AvgIpc) is 2.31. The van der Waals surface area contributed by atoms with Gasteiger partial charge in [-0.2, -0.15) is 0 Å². The summed E-state index contributed by atoms with van der Waals surface area (Å²) in [7, 11) is 0. The van der Waals surface area contributed by atoms with Crippen LogP contribution in [0.25, 0.3) is 0 Å². The third kappa shape index (κ3) is 3.55. The molecule has 0 saturated carbocycles. The van der Waals surface area contributed by atoms with Crippen LogP contribution in [0.3, 0.4) is 0 Å². The molecule has 0 heterocycles. The van der Waals surface area contributed by atoms with Gasteiger partial charge in [0.2, 0.25) is 5.91 Å². The van der Waals surface area contributed by atoms with E-state index in [1.165, 1.54) is 6.07 Å². The van der Waals surface area contributed by atoms with Gasteiger partial charge in [0.05, 0.1) is 0 Å². The van der Waals surface area contributed by atoms with Crippen LogP contribution >= 0.6 is 0 Å². The predicted octanol–water partition coefficient (Wildman–Crippen LogP) is 1.86. The van der Waals surface area contributed by atoms with E-state index in [0.29, 0.717) is 5.56 Å². The number of hydrogen-bond donors (Lipinski definition) is 2. The van der Waals surface area contributed by atoms with E-state index in [-0.39, 0.29) is 18.8 Å². The monoisotopic (exact) mass is 253 g/mol. The molecule has 1 amide bonds. The van der Waals surface area contributed by atoms with Crippen LogP contribution in [0.15, 0.2) is 18.2 Å². The molecule has 0 aliphatic heterocycles. The molecule has 0 aromatic heterocycles. The maximum atomic E-state index is 13.0. The number of aryl methyl sites for hydroxylation is 1. The summed E-state index contributed by atoms with van der Waals surface area (Å²) in [5, 5.41) is 11.3. The number of aliphatic carboxylic acids is 1. The maximum Gasteiger partial charge on any atom is 0.316 e. The molecule has 1 unspecified atom stereocenters. The number of rotatable bonds is 5. The van der Waals surface area contributed by atoms with Gasteiger partial charge in [0.15, 0.2) is 0 Å². The molecule has 0 saturated heterocycles. The zero-order chi connectivity index (χ0) is 13.7. The molecule has 98 valence electrons. The van der Waals surface area contributed by atoms with Gasteiger partial charge in [-0.25, -0.2) is 4.39 Å². The SMILES string of the molecule is CCC(C(=O)O)C(=O)NCc1ccc(F)c(C)c1. The zero-order valence-corrected chi connectivity index (χ0v) is 10.4. The fraction of sp³-hybridized carbons (Fsp3) is 0.385. The molecule has 1 rings (SSSR count). The third-order valence-electron chi connectivity index (χ3n) is 2.71. The fourth-order valence-corrected chi connectivity index (χ4v) is 1.60. The molecule has 0 aliphatic carbocycles. The van der Waals surface area contributed by atoms with Gasteiger partial charge in [0, 0.05) is 6.54 Å². The van der Waals surface area contributed by atoms with Gasteiger partial charge in [-0.05, 0) is 30.5 Å². The van der Waals surface area contributed by atoms with Crippen molar-refractivity contribution in [2.24, 2.45) is 5.92 Å². The van der Waals surface area contributed by atoms with Crippen LogP contribution < -0.4 is 5.32 Å². The van der Waals surface area contributed by atoms with Crippen molar-refractivity contribution in [2.45, 2.75) is 26.8 Å². The highest BCUT2D eigenvalue weighted by molar-refractivity contribution is 5.96. The molecule has 1 aromatic rings. The number of carboxylic acids is 1. The van der Waals surface area contributed by atoms with Crippen molar-refractivity contribution < 1.29 is 19.1 Å². The summed E-state index contributed by atoms with van der Waals surface area (Å²) >= 11 is 0. The van der Waals surface area contributed by atoms with E-state index in [4.69, 9.17) is 5.11 Å². The van der Waals surface area contributed by atoms with Crippen molar-refractivity contribution in [2.75, 3.05) is 0 Å². The van der Waals surface area contributed by atoms with E-state index >= 15 is 0 Å². The first kappa shape index (κ1) is 14.2.